The molecule has 0 aliphatic carbocycles. The summed E-state index contributed by atoms with van der Waals surface area (Å²) in [5.41, 5.74) is 0.564. The van der Waals surface area contributed by atoms with Gasteiger partial charge >= 0.3 is 5.97 Å². The van der Waals surface area contributed by atoms with Gasteiger partial charge in [-0.15, -0.1) is 0 Å². The Morgan fingerprint density at radius 2 is 1.95 bits per heavy atom. The molecular formula is C15H24N2O3. The van der Waals surface area contributed by atoms with E-state index in [1.807, 2.05) is 44.5 Å². The van der Waals surface area contributed by atoms with Crippen LogP contribution in [0.4, 0.5) is 0 Å². The van der Waals surface area contributed by atoms with Gasteiger partial charge < -0.3 is 15.0 Å². The van der Waals surface area contributed by atoms with Crippen LogP contribution in [-0.2, 0) is 4.79 Å². The van der Waals surface area contributed by atoms with E-state index in [2.05, 4.69) is 5.32 Å². The fourth-order valence-electron chi connectivity index (χ4n) is 2.18. The van der Waals surface area contributed by atoms with Crippen LogP contribution in [0.25, 0.3) is 0 Å². The highest BCUT2D eigenvalue weighted by molar-refractivity contribution is 5.93. The molecule has 5 heteroatoms. The fourth-order valence-corrected chi connectivity index (χ4v) is 2.18. The van der Waals surface area contributed by atoms with Crippen LogP contribution in [0.3, 0.4) is 0 Å². The molecule has 0 radical (unpaired) electrons. The van der Waals surface area contributed by atoms with Crippen molar-refractivity contribution in [3.63, 3.8) is 0 Å². The van der Waals surface area contributed by atoms with Crippen LogP contribution in [0, 0.1) is 11.8 Å². The predicted octanol–water partition coefficient (Wildman–Crippen LogP) is 2.55. The number of nitrogens with one attached hydrogen (secondary N) is 1. The van der Waals surface area contributed by atoms with E-state index in [1.165, 1.54) is 0 Å². The van der Waals surface area contributed by atoms with Crippen LogP contribution in [0.15, 0.2) is 18.3 Å². The lowest BCUT2D eigenvalue weighted by atomic mass is 9.97. The predicted molar refractivity (Wildman–Crippen MR) is 77.7 cm³/mol. The molecule has 1 heterocycles. The second-order valence-electron chi connectivity index (χ2n) is 5.77. The first-order chi connectivity index (χ1) is 9.32. The number of hydrogen-bond donors (Lipinski definition) is 2. The summed E-state index contributed by atoms with van der Waals surface area (Å²) in [5, 5.41) is 11.9. The fraction of sp³-hybridized carbons (Fsp3) is 0.600. The molecule has 0 aliphatic heterocycles. The van der Waals surface area contributed by atoms with E-state index >= 15 is 0 Å². The average molecular weight is 280 g/mol. The van der Waals surface area contributed by atoms with Crippen LogP contribution in [-0.4, -0.2) is 28.1 Å². The lowest BCUT2D eigenvalue weighted by Crippen LogP contribution is -2.34. The van der Waals surface area contributed by atoms with Gasteiger partial charge in [-0.2, -0.15) is 0 Å². The van der Waals surface area contributed by atoms with Crippen molar-refractivity contribution in [1.29, 1.82) is 0 Å². The molecule has 0 bridgehead atoms. The molecule has 1 atom stereocenters. The Bertz CT molecular complexity index is 463. The average Bonchev–Trinajstić information content (AvgIpc) is 2.82. The monoisotopic (exact) mass is 280 g/mol. The summed E-state index contributed by atoms with van der Waals surface area (Å²) in [5.74, 6) is -1.34. The van der Waals surface area contributed by atoms with E-state index in [-0.39, 0.29) is 24.4 Å². The molecule has 1 amide bonds. The summed E-state index contributed by atoms with van der Waals surface area (Å²) in [4.78, 5) is 23.3. The van der Waals surface area contributed by atoms with Gasteiger partial charge in [-0.1, -0.05) is 13.8 Å². The Hall–Kier alpha value is -1.78. The largest absolute Gasteiger partial charge is 0.481 e. The Kier molecular flexibility index (Phi) is 5.80. The molecule has 1 rings (SSSR count). The summed E-state index contributed by atoms with van der Waals surface area (Å²) >= 11 is 0. The first-order valence-corrected chi connectivity index (χ1v) is 7.00. The van der Waals surface area contributed by atoms with Crippen molar-refractivity contribution in [1.82, 2.24) is 9.88 Å². The number of rotatable bonds is 7. The molecule has 0 aromatic carbocycles. The molecule has 2 N–H and O–H groups in total. The number of carbonyl (C=O) groups excluding carboxylic acids is 1. The number of aliphatic carboxylic acids is 1. The van der Waals surface area contributed by atoms with Crippen LogP contribution >= 0.6 is 0 Å². The summed E-state index contributed by atoms with van der Waals surface area (Å²) in [6.45, 7) is 8.10. The van der Waals surface area contributed by atoms with Crippen molar-refractivity contribution in [2.75, 3.05) is 6.54 Å². The van der Waals surface area contributed by atoms with Crippen molar-refractivity contribution in [2.45, 2.75) is 40.2 Å². The van der Waals surface area contributed by atoms with Gasteiger partial charge in [0.05, 0.1) is 5.92 Å². The third kappa shape index (κ3) is 4.40. The molecule has 0 saturated carbocycles. The van der Waals surface area contributed by atoms with E-state index in [9.17, 15) is 9.59 Å². The Morgan fingerprint density at radius 1 is 1.30 bits per heavy atom. The van der Waals surface area contributed by atoms with Crippen LogP contribution < -0.4 is 5.32 Å². The van der Waals surface area contributed by atoms with Gasteiger partial charge in [0.25, 0.3) is 5.91 Å². The molecule has 112 valence electrons. The molecule has 1 unspecified atom stereocenters. The van der Waals surface area contributed by atoms with Gasteiger partial charge in [0.1, 0.15) is 5.69 Å². The van der Waals surface area contributed by atoms with Gasteiger partial charge in [0, 0.05) is 18.8 Å². The van der Waals surface area contributed by atoms with Gasteiger partial charge in [-0.05, 0) is 38.3 Å². The van der Waals surface area contributed by atoms with E-state index in [1.54, 1.807) is 6.07 Å². The van der Waals surface area contributed by atoms with Crippen molar-refractivity contribution in [3.8, 4) is 0 Å². The molecule has 1 aromatic rings. The SMILES string of the molecule is CC(C)CC(CNC(=O)c1cccn1C(C)C)C(=O)O. The summed E-state index contributed by atoms with van der Waals surface area (Å²) in [6, 6.07) is 3.75. The number of carboxylic acid groups (broad SMARTS) is 1. The van der Waals surface area contributed by atoms with Crippen LogP contribution in [0.2, 0.25) is 0 Å². The molecule has 5 nitrogen and oxygen atoms in total. The number of carboxylic acids is 1. The van der Waals surface area contributed by atoms with Crippen molar-refractivity contribution >= 4 is 11.9 Å². The molecule has 0 spiro atoms. The third-order valence-corrected chi connectivity index (χ3v) is 3.18. The zero-order valence-corrected chi connectivity index (χ0v) is 12.6. The minimum Gasteiger partial charge on any atom is -0.481 e. The number of hydrogen-bond acceptors (Lipinski definition) is 2. The normalized spacial score (nSPS) is 12.7. The lowest BCUT2D eigenvalue weighted by Gasteiger charge is -2.17. The van der Waals surface area contributed by atoms with Crippen molar-refractivity contribution in [2.24, 2.45) is 11.8 Å². The van der Waals surface area contributed by atoms with E-state index in [0.29, 0.717) is 12.1 Å². The smallest absolute Gasteiger partial charge is 0.308 e. The Balaban J connectivity index is 2.66. The molecule has 0 aliphatic rings. The number of amides is 1. The zero-order valence-electron chi connectivity index (χ0n) is 12.6. The quantitative estimate of drug-likeness (QED) is 0.806. The maximum absolute atomic E-state index is 12.1. The highest BCUT2D eigenvalue weighted by atomic mass is 16.4. The first-order valence-electron chi connectivity index (χ1n) is 7.00. The topological polar surface area (TPSA) is 71.3 Å². The standard InChI is InChI=1S/C15H24N2O3/c1-10(2)8-12(15(19)20)9-16-14(18)13-6-5-7-17(13)11(3)4/h5-7,10-12H,8-9H2,1-4H3,(H,16,18)(H,19,20). The first kappa shape index (κ1) is 16.3. The van der Waals surface area contributed by atoms with Crippen LogP contribution in [0.5, 0.6) is 0 Å². The van der Waals surface area contributed by atoms with E-state index < -0.39 is 11.9 Å². The maximum atomic E-state index is 12.1. The number of nitrogens with zero attached hydrogens (tertiary/aromatic N) is 1. The summed E-state index contributed by atoms with van der Waals surface area (Å²) in [7, 11) is 0. The summed E-state index contributed by atoms with van der Waals surface area (Å²) in [6.07, 6.45) is 2.41. The molecular weight excluding hydrogens is 256 g/mol. The molecule has 20 heavy (non-hydrogen) atoms. The maximum Gasteiger partial charge on any atom is 0.308 e. The highest BCUT2D eigenvalue weighted by Gasteiger charge is 2.21. The van der Waals surface area contributed by atoms with E-state index in [0.717, 1.165) is 0 Å². The van der Waals surface area contributed by atoms with E-state index in [4.69, 9.17) is 5.11 Å². The summed E-state index contributed by atoms with van der Waals surface area (Å²) < 4.78 is 1.87. The molecule has 0 fully saturated rings. The van der Waals surface area contributed by atoms with Crippen LogP contribution in [0.1, 0.15) is 50.6 Å². The zero-order chi connectivity index (χ0) is 15.3. The third-order valence-electron chi connectivity index (χ3n) is 3.18. The minimum absolute atomic E-state index is 0.162. The number of carbonyl (C=O) groups is 2. The number of aromatic nitrogens is 1. The highest BCUT2D eigenvalue weighted by Crippen LogP contribution is 2.13. The van der Waals surface area contributed by atoms with Gasteiger partial charge in [0.15, 0.2) is 0 Å². The molecule has 0 saturated heterocycles. The van der Waals surface area contributed by atoms with Gasteiger partial charge in [-0.3, -0.25) is 9.59 Å². The second-order valence-corrected chi connectivity index (χ2v) is 5.77. The van der Waals surface area contributed by atoms with Gasteiger partial charge in [0.2, 0.25) is 0 Å². The Morgan fingerprint density at radius 3 is 2.45 bits per heavy atom. The minimum atomic E-state index is -0.863. The molecule has 1 aromatic heterocycles. The van der Waals surface area contributed by atoms with Crippen molar-refractivity contribution < 1.29 is 14.7 Å². The Labute approximate surface area is 120 Å². The van der Waals surface area contributed by atoms with Gasteiger partial charge in [-0.25, -0.2) is 0 Å². The second kappa shape index (κ2) is 7.12. The lowest BCUT2D eigenvalue weighted by molar-refractivity contribution is -0.142. The van der Waals surface area contributed by atoms with Crippen molar-refractivity contribution in [3.05, 3.63) is 24.0 Å².